The second-order valence-corrected chi connectivity index (χ2v) is 4.91. The Balaban J connectivity index is 1.68. The van der Waals surface area contributed by atoms with Gasteiger partial charge in [-0.3, -0.25) is 4.79 Å². The number of hydrogen-bond donors (Lipinski definition) is 0. The van der Waals surface area contributed by atoms with E-state index in [0.717, 1.165) is 5.56 Å². The lowest BCUT2D eigenvalue weighted by molar-refractivity contribution is 0.101. The number of fused-ring (bicyclic) bond motifs is 2. The Labute approximate surface area is 126 Å². The quantitative estimate of drug-likeness (QED) is 0.797. The Morgan fingerprint density at radius 2 is 1.91 bits per heavy atom. The highest BCUT2D eigenvalue weighted by molar-refractivity contribution is 6.14. The Morgan fingerprint density at radius 1 is 1.05 bits per heavy atom. The lowest BCUT2D eigenvalue weighted by Crippen LogP contribution is -1.98. The number of rotatable bonds is 2. The lowest BCUT2D eigenvalue weighted by atomic mass is 10.1. The summed E-state index contributed by atoms with van der Waals surface area (Å²) in [4.78, 5) is 12.3. The van der Waals surface area contributed by atoms with E-state index in [2.05, 4.69) is 0 Å². The number of benzene rings is 2. The molecule has 0 amide bonds. The monoisotopic (exact) mass is 296 g/mol. The summed E-state index contributed by atoms with van der Waals surface area (Å²) >= 11 is 0. The molecule has 0 saturated carbocycles. The van der Waals surface area contributed by atoms with Crippen LogP contribution in [0.5, 0.6) is 23.0 Å². The Bertz CT molecular complexity index is 807. The van der Waals surface area contributed by atoms with Crippen LogP contribution in [0, 0.1) is 0 Å². The molecule has 2 aliphatic rings. The molecule has 0 radical (unpaired) electrons. The van der Waals surface area contributed by atoms with Crippen LogP contribution < -0.4 is 18.9 Å². The minimum atomic E-state index is -0.143. The zero-order valence-electron chi connectivity index (χ0n) is 11.8. The molecule has 2 heterocycles. The minimum Gasteiger partial charge on any atom is -0.497 e. The SMILES string of the molecule is COc1ccc2c(c1)O/C(=C/c1ccc3c(c1)OCO3)C2=O. The number of methoxy groups -OCH3 is 1. The zero-order valence-corrected chi connectivity index (χ0v) is 11.8. The number of ether oxygens (including phenoxy) is 4. The number of carbonyl (C=O) groups is 1. The van der Waals surface area contributed by atoms with Crippen molar-refractivity contribution in [2.75, 3.05) is 13.9 Å². The molecule has 2 aromatic carbocycles. The summed E-state index contributed by atoms with van der Waals surface area (Å²) in [6.07, 6.45) is 1.69. The van der Waals surface area contributed by atoms with Crippen molar-refractivity contribution >= 4 is 11.9 Å². The molecule has 0 spiro atoms. The Hall–Kier alpha value is -2.95. The van der Waals surface area contributed by atoms with Crippen LogP contribution in [0.3, 0.4) is 0 Å². The first-order valence-corrected chi connectivity index (χ1v) is 6.76. The zero-order chi connectivity index (χ0) is 15.1. The van der Waals surface area contributed by atoms with Gasteiger partial charge in [0.1, 0.15) is 11.5 Å². The van der Waals surface area contributed by atoms with E-state index in [1.807, 2.05) is 18.2 Å². The molecule has 0 fully saturated rings. The molecule has 2 aliphatic heterocycles. The standard InChI is InChI=1S/C17H12O5/c1-19-11-3-4-12-14(8-11)22-16(17(12)18)7-10-2-5-13-15(6-10)21-9-20-13/h2-8H,9H2,1H3/b16-7+. The molecule has 0 N–H and O–H groups in total. The van der Waals surface area contributed by atoms with E-state index in [0.29, 0.717) is 28.6 Å². The molecule has 22 heavy (non-hydrogen) atoms. The molecule has 110 valence electrons. The van der Waals surface area contributed by atoms with Gasteiger partial charge < -0.3 is 18.9 Å². The first kappa shape index (κ1) is 12.8. The van der Waals surface area contributed by atoms with Crippen LogP contribution in [0.1, 0.15) is 15.9 Å². The van der Waals surface area contributed by atoms with Gasteiger partial charge >= 0.3 is 0 Å². The number of allylic oxidation sites excluding steroid dienone is 1. The van der Waals surface area contributed by atoms with Crippen molar-refractivity contribution < 1.29 is 23.7 Å². The minimum absolute atomic E-state index is 0.143. The van der Waals surface area contributed by atoms with Gasteiger partial charge in [0.2, 0.25) is 12.6 Å². The first-order valence-electron chi connectivity index (χ1n) is 6.76. The maximum atomic E-state index is 12.3. The topological polar surface area (TPSA) is 54.0 Å². The molecule has 5 heteroatoms. The normalized spacial score (nSPS) is 16.6. The van der Waals surface area contributed by atoms with Crippen LogP contribution in [0.2, 0.25) is 0 Å². The van der Waals surface area contributed by atoms with Gasteiger partial charge in [0.15, 0.2) is 17.3 Å². The van der Waals surface area contributed by atoms with E-state index in [4.69, 9.17) is 18.9 Å². The van der Waals surface area contributed by atoms with Crippen LogP contribution >= 0.6 is 0 Å². The Morgan fingerprint density at radius 3 is 2.77 bits per heavy atom. The Kier molecular flexibility index (Phi) is 2.79. The van der Waals surface area contributed by atoms with Crippen molar-refractivity contribution in [3.8, 4) is 23.0 Å². The van der Waals surface area contributed by atoms with Crippen molar-refractivity contribution in [2.24, 2.45) is 0 Å². The summed E-state index contributed by atoms with van der Waals surface area (Å²) in [5.74, 6) is 2.66. The predicted octanol–water partition coefficient (Wildman–Crippen LogP) is 3.04. The summed E-state index contributed by atoms with van der Waals surface area (Å²) in [5.41, 5.74) is 1.35. The summed E-state index contributed by atoms with van der Waals surface area (Å²) in [6, 6.07) is 10.6. The van der Waals surface area contributed by atoms with Crippen LogP contribution in [-0.4, -0.2) is 19.7 Å². The number of ketones is 1. The molecule has 0 atom stereocenters. The maximum absolute atomic E-state index is 12.3. The molecule has 0 saturated heterocycles. The van der Waals surface area contributed by atoms with Gasteiger partial charge in [-0.15, -0.1) is 0 Å². The van der Waals surface area contributed by atoms with Gasteiger partial charge in [-0.05, 0) is 35.9 Å². The number of Topliss-reactive ketones (excluding diaryl/α,β-unsaturated/α-hetero) is 1. The molecular weight excluding hydrogens is 284 g/mol. The highest BCUT2D eigenvalue weighted by Gasteiger charge is 2.27. The number of carbonyl (C=O) groups excluding carboxylic acids is 1. The maximum Gasteiger partial charge on any atom is 0.231 e. The van der Waals surface area contributed by atoms with Gasteiger partial charge in [-0.25, -0.2) is 0 Å². The fourth-order valence-corrected chi connectivity index (χ4v) is 2.45. The third-order valence-electron chi connectivity index (χ3n) is 3.57. The van der Waals surface area contributed by atoms with Gasteiger partial charge in [0.05, 0.1) is 12.7 Å². The fraction of sp³-hybridized carbons (Fsp3) is 0.118. The molecule has 5 nitrogen and oxygen atoms in total. The van der Waals surface area contributed by atoms with E-state index in [1.165, 1.54) is 0 Å². The van der Waals surface area contributed by atoms with Crippen LogP contribution in [0.15, 0.2) is 42.2 Å². The average molecular weight is 296 g/mol. The van der Waals surface area contributed by atoms with Gasteiger partial charge in [0.25, 0.3) is 0 Å². The first-order chi connectivity index (χ1) is 10.7. The van der Waals surface area contributed by atoms with E-state index in [1.54, 1.807) is 31.4 Å². The largest absolute Gasteiger partial charge is 0.497 e. The molecule has 0 unspecified atom stereocenters. The van der Waals surface area contributed by atoms with E-state index in [9.17, 15) is 4.79 Å². The summed E-state index contributed by atoms with van der Waals surface area (Å²) in [7, 11) is 1.57. The van der Waals surface area contributed by atoms with Crippen molar-refractivity contribution in [1.29, 1.82) is 0 Å². The van der Waals surface area contributed by atoms with Gasteiger partial charge in [-0.2, -0.15) is 0 Å². The fourth-order valence-electron chi connectivity index (χ4n) is 2.45. The predicted molar refractivity (Wildman–Crippen MR) is 78.5 cm³/mol. The van der Waals surface area contributed by atoms with Crippen molar-refractivity contribution in [3.63, 3.8) is 0 Å². The third kappa shape index (κ3) is 1.98. The molecular formula is C17H12O5. The summed E-state index contributed by atoms with van der Waals surface area (Å²) < 4.78 is 21.4. The lowest BCUT2D eigenvalue weighted by Gasteiger charge is -2.02. The molecule has 0 aromatic heterocycles. The van der Waals surface area contributed by atoms with E-state index in [-0.39, 0.29) is 18.3 Å². The highest BCUT2D eigenvalue weighted by Crippen LogP contribution is 2.36. The van der Waals surface area contributed by atoms with Gasteiger partial charge in [-0.1, -0.05) is 6.07 Å². The van der Waals surface area contributed by atoms with E-state index < -0.39 is 0 Å². The number of hydrogen-bond acceptors (Lipinski definition) is 5. The van der Waals surface area contributed by atoms with Crippen molar-refractivity contribution in [3.05, 3.63) is 53.3 Å². The summed E-state index contributed by atoms with van der Waals surface area (Å²) in [5, 5.41) is 0. The van der Waals surface area contributed by atoms with Gasteiger partial charge in [0, 0.05) is 6.07 Å². The van der Waals surface area contributed by atoms with Crippen molar-refractivity contribution in [1.82, 2.24) is 0 Å². The van der Waals surface area contributed by atoms with Crippen LogP contribution in [0.25, 0.3) is 6.08 Å². The highest BCUT2D eigenvalue weighted by atomic mass is 16.7. The molecule has 4 rings (SSSR count). The molecule has 0 bridgehead atoms. The average Bonchev–Trinajstić information content (AvgIpc) is 3.12. The van der Waals surface area contributed by atoms with E-state index >= 15 is 0 Å². The van der Waals surface area contributed by atoms with Crippen LogP contribution in [0.4, 0.5) is 0 Å². The second kappa shape index (κ2) is 4.80. The second-order valence-electron chi connectivity index (χ2n) is 4.91. The summed E-state index contributed by atoms with van der Waals surface area (Å²) in [6.45, 7) is 0.218. The smallest absolute Gasteiger partial charge is 0.231 e. The molecule has 2 aromatic rings. The molecule has 0 aliphatic carbocycles. The van der Waals surface area contributed by atoms with Crippen molar-refractivity contribution in [2.45, 2.75) is 0 Å². The van der Waals surface area contributed by atoms with Crippen LogP contribution in [-0.2, 0) is 0 Å². The third-order valence-corrected chi connectivity index (χ3v) is 3.57.